The van der Waals surface area contributed by atoms with Gasteiger partial charge in [-0.3, -0.25) is 4.79 Å². The van der Waals surface area contributed by atoms with Gasteiger partial charge in [0.1, 0.15) is 11.6 Å². The molecule has 172 valence electrons. The Labute approximate surface area is 194 Å². The van der Waals surface area contributed by atoms with Crippen molar-refractivity contribution in [2.24, 2.45) is 0 Å². The predicted molar refractivity (Wildman–Crippen MR) is 127 cm³/mol. The first-order valence-electron chi connectivity index (χ1n) is 11.2. The summed E-state index contributed by atoms with van der Waals surface area (Å²) in [7, 11) is 5.41. The number of benzene rings is 2. The molecule has 7 heteroatoms. The molecule has 2 aromatic carbocycles. The Morgan fingerprint density at radius 1 is 1.21 bits per heavy atom. The van der Waals surface area contributed by atoms with Gasteiger partial charge < -0.3 is 14.5 Å². The SMILES string of the molecule is COc1cccc(CC(=O)N2CCC[C@@H](c3nc(N(C)C)ncc3-c3cccc(F)c3)C2)c1. The van der Waals surface area contributed by atoms with Crippen molar-refractivity contribution >= 4 is 11.9 Å². The number of carbonyl (C=O) groups excluding carboxylic acids is 1. The highest BCUT2D eigenvalue weighted by Gasteiger charge is 2.28. The van der Waals surface area contributed by atoms with Crippen molar-refractivity contribution in [3.63, 3.8) is 0 Å². The van der Waals surface area contributed by atoms with E-state index in [1.54, 1.807) is 19.4 Å². The summed E-state index contributed by atoms with van der Waals surface area (Å²) in [4.78, 5) is 26.2. The zero-order valence-corrected chi connectivity index (χ0v) is 19.3. The lowest BCUT2D eigenvalue weighted by Gasteiger charge is -2.33. The number of anilines is 1. The third-order valence-electron chi connectivity index (χ3n) is 5.99. The van der Waals surface area contributed by atoms with Crippen LogP contribution in [-0.2, 0) is 11.2 Å². The topological polar surface area (TPSA) is 58.6 Å². The van der Waals surface area contributed by atoms with E-state index in [0.29, 0.717) is 18.9 Å². The van der Waals surface area contributed by atoms with Crippen LogP contribution < -0.4 is 9.64 Å². The summed E-state index contributed by atoms with van der Waals surface area (Å²) in [6.45, 7) is 1.30. The zero-order chi connectivity index (χ0) is 23.4. The summed E-state index contributed by atoms with van der Waals surface area (Å²) in [5, 5.41) is 0. The Balaban J connectivity index is 1.60. The normalized spacial score (nSPS) is 15.9. The fourth-order valence-electron chi connectivity index (χ4n) is 4.29. The molecular formula is C26H29FN4O2. The van der Waals surface area contributed by atoms with Gasteiger partial charge >= 0.3 is 0 Å². The van der Waals surface area contributed by atoms with Crippen molar-refractivity contribution in [1.82, 2.24) is 14.9 Å². The minimum Gasteiger partial charge on any atom is -0.497 e. The molecule has 2 heterocycles. The Bertz CT molecular complexity index is 1130. The number of likely N-dealkylation sites (tertiary alicyclic amines) is 1. The number of aromatic nitrogens is 2. The highest BCUT2D eigenvalue weighted by atomic mass is 19.1. The van der Waals surface area contributed by atoms with Gasteiger partial charge in [-0.05, 0) is 48.2 Å². The standard InChI is InChI=1S/C26H29FN4O2/c1-30(2)26-28-16-23(19-8-5-10-21(27)15-19)25(29-26)20-9-6-12-31(17-20)24(32)14-18-7-4-11-22(13-18)33-3/h4-5,7-8,10-11,13,15-16,20H,6,9,12,14,17H2,1-3H3/t20-/m1/s1. The molecule has 0 spiro atoms. The number of rotatable bonds is 6. The third kappa shape index (κ3) is 5.30. The van der Waals surface area contributed by atoms with Crippen LogP contribution in [-0.4, -0.2) is 55.1 Å². The largest absolute Gasteiger partial charge is 0.497 e. The highest BCUT2D eigenvalue weighted by Crippen LogP contribution is 2.34. The predicted octanol–water partition coefficient (Wildman–Crippen LogP) is 4.31. The van der Waals surface area contributed by atoms with Crippen molar-refractivity contribution in [3.05, 3.63) is 71.8 Å². The lowest BCUT2D eigenvalue weighted by Crippen LogP contribution is -2.40. The molecule has 1 aliphatic rings. The monoisotopic (exact) mass is 448 g/mol. The first kappa shape index (κ1) is 22.7. The summed E-state index contributed by atoms with van der Waals surface area (Å²) >= 11 is 0. The van der Waals surface area contributed by atoms with Crippen molar-refractivity contribution in [2.75, 3.05) is 39.2 Å². The first-order valence-corrected chi connectivity index (χ1v) is 11.2. The minimum absolute atomic E-state index is 0.0491. The maximum Gasteiger partial charge on any atom is 0.227 e. The van der Waals surface area contributed by atoms with E-state index in [0.717, 1.165) is 47.5 Å². The third-order valence-corrected chi connectivity index (χ3v) is 5.99. The number of carbonyl (C=O) groups is 1. The number of ether oxygens (including phenoxy) is 1. The van der Waals surface area contributed by atoms with E-state index in [2.05, 4.69) is 4.98 Å². The van der Waals surface area contributed by atoms with E-state index in [-0.39, 0.29) is 17.6 Å². The number of methoxy groups -OCH3 is 1. The summed E-state index contributed by atoms with van der Waals surface area (Å²) in [6.07, 6.45) is 3.89. The van der Waals surface area contributed by atoms with Gasteiger partial charge in [0.05, 0.1) is 19.2 Å². The molecule has 0 N–H and O–H groups in total. The van der Waals surface area contributed by atoms with Crippen molar-refractivity contribution in [2.45, 2.75) is 25.2 Å². The van der Waals surface area contributed by atoms with Gasteiger partial charge in [-0.15, -0.1) is 0 Å². The van der Waals surface area contributed by atoms with Gasteiger partial charge in [0.15, 0.2) is 0 Å². The average Bonchev–Trinajstić information content (AvgIpc) is 2.83. The van der Waals surface area contributed by atoms with Crippen molar-refractivity contribution in [3.8, 4) is 16.9 Å². The second-order valence-electron chi connectivity index (χ2n) is 8.58. The van der Waals surface area contributed by atoms with Crippen LogP contribution in [0.15, 0.2) is 54.7 Å². The van der Waals surface area contributed by atoms with Gasteiger partial charge in [-0.2, -0.15) is 0 Å². The highest BCUT2D eigenvalue weighted by molar-refractivity contribution is 5.79. The van der Waals surface area contributed by atoms with Gasteiger partial charge in [-0.25, -0.2) is 14.4 Å². The van der Waals surface area contributed by atoms with E-state index in [1.165, 1.54) is 12.1 Å². The van der Waals surface area contributed by atoms with Crippen LogP contribution in [0.2, 0.25) is 0 Å². The molecular weight excluding hydrogens is 419 g/mol. The molecule has 0 bridgehead atoms. The lowest BCUT2D eigenvalue weighted by atomic mass is 9.89. The fraction of sp³-hybridized carbons (Fsp3) is 0.346. The van der Waals surface area contributed by atoms with Crippen molar-refractivity contribution in [1.29, 1.82) is 0 Å². The van der Waals surface area contributed by atoms with E-state index in [4.69, 9.17) is 9.72 Å². The molecule has 4 rings (SSSR count). The second kappa shape index (κ2) is 9.98. The second-order valence-corrected chi connectivity index (χ2v) is 8.58. The number of hydrogen-bond acceptors (Lipinski definition) is 5. The molecule has 1 aromatic heterocycles. The summed E-state index contributed by atoms with van der Waals surface area (Å²) in [6, 6.07) is 14.1. The van der Waals surface area contributed by atoms with Crippen LogP contribution in [0, 0.1) is 5.82 Å². The summed E-state index contributed by atoms with van der Waals surface area (Å²) < 4.78 is 19.2. The molecule has 1 amide bonds. The van der Waals surface area contributed by atoms with Crippen LogP contribution >= 0.6 is 0 Å². The Hall–Kier alpha value is -3.48. The van der Waals surface area contributed by atoms with Crippen LogP contribution in [0.25, 0.3) is 11.1 Å². The number of amides is 1. The molecule has 0 saturated carbocycles. The molecule has 6 nitrogen and oxygen atoms in total. The van der Waals surface area contributed by atoms with Crippen LogP contribution in [0.4, 0.5) is 10.3 Å². The van der Waals surface area contributed by atoms with Crippen LogP contribution in [0.5, 0.6) is 5.75 Å². The summed E-state index contributed by atoms with van der Waals surface area (Å²) in [5.41, 5.74) is 3.35. The number of hydrogen-bond donors (Lipinski definition) is 0. The number of piperidine rings is 1. The van der Waals surface area contributed by atoms with Gasteiger partial charge in [0.25, 0.3) is 0 Å². The zero-order valence-electron chi connectivity index (χ0n) is 19.3. The molecule has 33 heavy (non-hydrogen) atoms. The molecule has 1 saturated heterocycles. The number of nitrogens with zero attached hydrogens (tertiary/aromatic N) is 4. The fourth-order valence-corrected chi connectivity index (χ4v) is 4.29. The maximum absolute atomic E-state index is 14.0. The summed E-state index contributed by atoms with van der Waals surface area (Å²) in [5.74, 6) is 1.18. The van der Waals surface area contributed by atoms with E-state index in [1.807, 2.05) is 54.2 Å². The van der Waals surface area contributed by atoms with E-state index in [9.17, 15) is 9.18 Å². The van der Waals surface area contributed by atoms with Gasteiger partial charge in [0.2, 0.25) is 11.9 Å². The Morgan fingerprint density at radius 3 is 2.79 bits per heavy atom. The maximum atomic E-state index is 14.0. The molecule has 0 radical (unpaired) electrons. The van der Waals surface area contributed by atoms with Gasteiger partial charge in [0, 0.05) is 44.9 Å². The molecule has 1 aliphatic heterocycles. The smallest absolute Gasteiger partial charge is 0.227 e. The van der Waals surface area contributed by atoms with Gasteiger partial charge in [-0.1, -0.05) is 24.3 Å². The Morgan fingerprint density at radius 2 is 2.03 bits per heavy atom. The molecule has 3 aromatic rings. The quantitative estimate of drug-likeness (QED) is 0.563. The van der Waals surface area contributed by atoms with Crippen molar-refractivity contribution < 1.29 is 13.9 Å². The molecule has 1 atom stereocenters. The molecule has 1 fully saturated rings. The molecule has 0 unspecified atom stereocenters. The van der Waals surface area contributed by atoms with Crippen LogP contribution in [0.3, 0.4) is 0 Å². The Kier molecular flexibility index (Phi) is 6.87. The average molecular weight is 449 g/mol. The van der Waals surface area contributed by atoms with E-state index >= 15 is 0 Å². The first-order chi connectivity index (χ1) is 15.9. The minimum atomic E-state index is -0.297. The van der Waals surface area contributed by atoms with E-state index < -0.39 is 0 Å². The van der Waals surface area contributed by atoms with Crippen LogP contribution in [0.1, 0.15) is 30.0 Å². The number of halogens is 1. The molecule has 0 aliphatic carbocycles. The lowest BCUT2D eigenvalue weighted by molar-refractivity contribution is -0.131.